The Hall–Kier alpha value is -2.04. The maximum atomic E-state index is 12.0. The van der Waals surface area contributed by atoms with E-state index < -0.39 is 12.1 Å². The van der Waals surface area contributed by atoms with Gasteiger partial charge >= 0.3 is 6.09 Å². The van der Waals surface area contributed by atoms with E-state index in [-0.39, 0.29) is 18.3 Å². The number of carbonyl (C=O) groups excluding carboxylic acids is 2. The van der Waals surface area contributed by atoms with E-state index in [9.17, 15) is 9.59 Å². The van der Waals surface area contributed by atoms with Crippen LogP contribution in [0.3, 0.4) is 0 Å². The number of nitrogens with zero attached hydrogens (tertiary/aromatic N) is 1. The van der Waals surface area contributed by atoms with Crippen molar-refractivity contribution in [1.29, 1.82) is 0 Å². The van der Waals surface area contributed by atoms with Crippen LogP contribution in [0.2, 0.25) is 0 Å². The van der Waals surface area contributed by atoms with Gasteiger partial charge in [-0.3, -0.25) is 4.79 Å². The zero-order valence-corrected chi connectivity index (χ0v) is 12.4. The number of anilines is 1. The number of ketones is 1. The number of amides is 1. The summed E-state index contributed by atoms with van der Waals surface area (Å²) in [4.78, 5) is 24.9. The van der Waals surface area contributed by atoms with Gasteiger partial charge in [0.15, 0.2) is 5.78 Å². The van der Waals surface area contributed by atoms with E-state index in [2.05, 4.69) is 0 Å². The van der Waals surface area contributed by atoms with E-state index in [0.717, 1.165) is 5.56 Å². The summed E-state index contributed by atoms with van der Waals surface area (Å²) in [6, 6.07) is 6.63. The molecule has 0 aromatic heterocycles. The Morgan fingerprint density at radius 2 is 1.80 bits per heavy atom. The van der Waals surface area contributed by atoms with Crippen LogP contribution in [0.25, 0.3) is 0 Å². The Morgan fingerprint density at radius 1 is 1.25 bits per heavy atom. The van der Waals surface area contributed by atoms with Crippen molar-refractivity contribution >= 4 is 17.6 Å². The molecule has 0 radical (unpaired) electrons. The standard InChI is InChI=1S/C15H22N2O3/c1-10(2)14(11(3)18)17(4)15(19)20-9-12-5-7-13(16)8-6-12/h5-8,10,14H,9,16H2,1-4H3. The van der Waals surface area contributed by atoms with Crippen molar-refractivity contribution in [1.82, 2.24) is 4.90 Å². The Morgan fingerprint density at radius 3 is 2.25 bits per heavy atom. The first kappa shape index (κ1) is 16.0. The molecule has 5 heteroatoms. The zero-order valence-electron chi connectivity index (χ0n) is 12.4. The quantitative estimate of drug-likeness (QED) is 0.840. The molecule has 1 unspecified atom stereocenters. The highest BCUT2D eigenvalue weighted by Crippen LogP contribution is 2.13. The zero-order chi connectivity index (χ0) is 15.3. The maximum Gasteiger partial charge on any atom is 0.410 e. The molecule has 0 bridgehead atoms. The van der Waals surface area contributed by atoms with E-state index in [1.165, 1.54) is 11.8 Å². The number of likely N-dealkylation sites (N-methyl/N-ethyl adjacent to an activating group) is 1. The molecular weight excluding hydrogens is 256 g/mol. The number of benzene rings is 1. The highest BCUT2D eigenvalue weighted by atomic mass is 16.6. The minimum Gasteiger partial charge on any atom is -0.445 e. The Labute approximate surface area is 119 Å². The lowest BCUT2D eigenvalue weighted by atomic mass is 10.00. The molecular formula is C15H22N2O3. The van der Waals surface area contributed by atoms with Gasteiger partial charge in [-0.05, 0) is 30.5 Å². The summed E-state index contributed by atoms with van der Waals surface area (Å²) < 4.78 is 5.20. The lowest BCUT2D eigenvalue weighted by molar-refractivity contribution is -0.122. The molecule has 1 aromatic carbocycles. The van der Waals surface area contributed by atoms with Gasteiger partial charge in [0.05, 0.1) is 6.04 Å². The SMILES string of the molecule is CC(=O)C(C(C)C)N(C)C(=O)OCc1ccc(N)cc1. The summed E-state index contributed by atoms with van der Waals surface area (Å²) in [5.74, 6) is -0.00601. The van der Waals surface area contributed by atoms with Crippen molar-refractivity contribution < 1.29 is 14.3 Å². The van der Waals surface area contributed by atoms with Crippen LogP contribution < -0.4 is 5.73 Å². The molecule has 0 fully saturated rings. The molecule has 1 amide bonds. The largest absolute Gasteiger partial charge is 0.445 e. The predicted molar refractivity (Wildman–Crippen MR) is 78.1 cm³/mol. The van der Waals surface area contributed by atoms with Crippen molar-refractivity contribution in [3.63, 3.8) is 0 Å². The summed E-state index contributed by atoms with van der Waals surface area (Å²) in [5, 5.41) is 0. The fraction of sp³-hybridized carbons (Fsp3) is 0.467. The molecule has 0 spiro atoms. The van der Waals surface area contributed by atoms with E-state index in [0.29, 0.717) is 5.69 Å². The number of nitrogen functional groups attached to an aromatic ring is 1. The van der Waals surface area contributed by atoms with Crippen LogP contribution in [0.5, 0.6) is 0 Å². The van der Waals surface area contributed by atoms with Gasteiger partial charge in [0.2, 0.25) is 0 Å². The molecule has 0 aliphatic heterocycles. The molecule has 1 rings (SSSR count). The summed E-state index contributed by atoms with van der Waals surface area (Å²) >= 11 is 0. The molecule has 20 heavy (non-hydrogen) atoms. The van der Waals surface area contributed by atoms with E-state index >= 15 is 0 Å². The fourth-order valence-corrected chi connectivity index (χ4v) is 2.16. The second kappa shape index (κ2) is 6.93. The predicted octanol–water partition coefficient (Wildman–Crippen LogP) is 2.45. The fourth-order valence-electron chi connectivity index (χ4n) is 2.16. The van der Waals surface area contributed by atoms with Crippen LogP contribution >= 0.6 is 0 Å². The van der Waals surface area contributed by atoms with Gasteiger partial charge in [-0.2, -0.15) is 0 Å². The van der Waals surface area contributed by atoms with Crippen molar-refractivity contribution in [2.75, 3.05) is 12.8 Å². The molecule has 0 aliphatic carbocycles. The smallest absolute Gasteiger partial charge is 0.410 e. The van der Waals surface area contributed by atoms with Crippen LogP contribution in [0.15, 0.2) is 24.3 Å². The number of hydrogen-bond donors (Lipinski definition) is 1. The molecule has 0 saturated heterocycles. The van der Waals surface area contributed by atoms with Gasteiger partial charge in [-0.25, -0.2) is 4.79 Å². The Kier molecular flexibility index (Phi) is 5.55. The lowest BCUT2D eigenvalue weighted by Crippen LogP contribution is -2.45. The van der Waals surface area contributed by atoms with Crippen LogP contribution in [-0.2, 0) is 16.1 Å². The number of Topliss-reactive ketones (excluding diaryl/α,β-unsaturated/α-hetero) is 1. The van der Waals surface area contributed by atoms with E-state index in [1.807, 2.05) is 13.8 Å². The van der Waals surface area contributed by atoms with Crippen LogP contribution in [-0.4, -0.2) is 29.9 Å². The highest BCUT2D eigenvalue weighted by molar-refractivity contribution is 5.85. The Bertz CT molecular complexity index is 469. The number of carbonyl (C=O) groups is 2. The third kappa shape index (κ3) is 4.26. The third-order valence-electron chi connectivity index (χ3n) is 3.10. The van der Waals surface area contributed by atoms with Gasteiger partial charge in [-0.1, -0.05) is 26.0 Å². The average Bonchev–Trinajstić information content (AvgIpc) is 2.36. The average molecular weight is 278 g/mol. The number of hydrogen-bond acceptors (Lipinski definition) is 4. The molecule has 1 aromatic rings. The summed E-state index contributed by atoms with van der Waals surface area (Å²) in [6.07, 6.45) is -0.504. The minimum absolute atomic E-state index is 0.0431. The first-order chi connectivity index (χ1) is 9.32. The third-order valence-corrected chi connectivity index (χ3v) is 3.10. The topological polar surface area (TPSA) is 72.6 Å². The number of ether oxygens (including phenoxy) is 1. The summed E-state index contributed by atoms with van der Waals surface area (Å²) in [7, 11) is 1.58. The number of nitrogens with two attached hydrogens (primary N) is 1. The molecule has 1 atom stereocenters. The van der Waals surface area contributed by atoms with Gasteiger partial charge in [0, 0.05) is 12.7 Å². The maximum absolute atomic E-state index is 12.0. The van der Waals surface area contributed by atoms with Gasteiger partial charge < -0.3 is 15.4 Å². The van der Waals surface area contributed by atoms with Crippen LogP contribution in [0.4, 0.5) is 10.5 Å². The van der Waals surface area contributed by atoms with Gasteiger partial charge in [0.1, 0.15) is 6.61 Å². The number of rotatable bonds is 5. The van der Waals surface area contributed by atoms with Crippen LogP contribution in [0.1, 0.15) is 26.3 Å². The first-order valence-electron chi connectivity index (χ1n) is 6.57. The molecule has 0 heterocycles. The summed E-state index contributed by atoms with van der Waals surface area (Å²) in [5.41, 5.74) is 7.10. The Balaban J connectivity index is 2.61. The second-order valence-electron chi connectivity index (χ2n) is 5.21. The van der Waals surface area contributed by atoms with Crippen molar-refractivity contribution in [3.8, 4) is 0 Å². The van der Waals surface area contributed by atoms with Crippen molar-refractivity contribution in [2.24, 2.45) is 5.92 Å². The van der Waals surface area contributed by atoms with Crippen LogP contribution in [0, 0.1) is 5.92 Å². The monoisotopic (exact) mass is 278 g/mol. The lowest BCUT2D eigenvalue weighted by Gasteiger charge is -2.28. The van der Waals surface area contributed by atoms with E-state index in [1.54, 1.807) is 31.3 Å². The van der Waals surface area contributed by atoms with E-state index in [4.69, 9.17) is 10.5 Å². The highest BCUT2D eigenvalue weighted by Gasteiger charge is 2.27. The second-order valence-corrected chi connectivity index (χ2v) is 5.21. The minimum atomic E-state index is -0.504. The van der Waals surface area contributed by atoms with Gasteiger partial charge in [0.25, 0.3) is 0 Å². The molecule has 0 aliphatic rings. The molecule has 2 N–H and O–H groups in total. The normalized spacial score (nSPS) is 12.1. The molecule has 5 nitrogen and oxygen atoms in total. The molecule has 110 valence electrons. The van der Waals surface area contributed by atoms with Gasteiger partial charge in [-0.15, -0.1) is 0 Å². The first-order valence-corrected chi connectivity index (χ1v) is 6.57. The van der Waals surface area contributed by atoms with Crippen molar-refractivity contribution in [3.05, 3.63) is 29.8 Å². The molecule has 0 saturated carbocycles. The van der Waals surface area contributed by atoms with Crippen molar-refractivity contribution in [2.45, 2.75) is 33.4 Å². The summed E-state index contributed by atoms with van der Waals surface area (Å²) in [6.45, 7) is 5.44.